The number of carboxylic acid groups (broad SMARTS) is 1. The van der Waals surface area contributed by atoms with Crippen LogP contribution in [-0.2, 0) is 0 Å². The second kappa shape index (κ2) is 2.28. The first-order valence-electron chi connectivity index (χ1n) is 2.83. The molecular formula is C6H3NO2S2. The summed E-state index contributed by atoms with van der Waals surface area (Å²) in [6.07, 6.45) is 0. The zero-order valence-corrected chi connectivity index (χ0v) is 6.91. The van der Waals surface area contributed by atoms with Gasteiger partial charge >= 0.3 is 5.97 Å². The largest absolute Gasteiger partial charge is 0.477 e. The van der Waals surface area contributed by atoms with Gasteiger partial charge in [0.2, 0.25) is 0 Å². The molecule has 0 unspecified atom stereocenters. The lowest BCUT2D eigenvalue weighted by atomic mass is 10.4. The van der Waals surface area contributed by atoms with Crippen LogP contribution in [0.1, 0.15) is 9.67 Å². The van der Waals surface area contributed by atoms with Crippen molar-refractivity contribution in [2.45, 2.75) is 0 Å². The first-order valence-corrected chi connectivity index (χ1v) is 4.53. The van der Waals surface area contributed by atoms with Crippen molar-refractivity contribution < 1.29 is 9.90 Å². The molecule has 0 aliphatic rings. The number of nitrogens with zero attached hydrogens (tertiary/aromatic N) is 1. The number of aromatic nitrogens is 1. The molecule has 0 aliphatic heterocycles. The lowest BCUT2D eigenvalue weighted by molar-refractivity contribution is 0.0702. The number of thiophene rings is 1. The second-order valence-corrected chi connectivity index (χ2v) is 4.11. The summed E-state index contributed by atoms with van der Waals surface area (Å²) in [6.45, 7) is 0. The van der Waals surface area contributed by atoms with E-state index in [-0.39, 0.29) is 0 Å². The smallest absolute Gasteiger partial charge is 0.345 e. The fraction of sp³-hybridized carbons (Fsp3) is 0. The fourth-order valence-corrected chi connectivity index (χ4v) is 2.53. The highest BCUT2D eigenvalue weighted by molar-refractivity contribution is 7.38. The maximum atomic E-state index is 10.5. The Morgan fingerprint density at radius 2 is 2.45 bits per heavy atom. The van der Waals surface area contributed by atoms with Gasteiger partial charge in [-0.1, -0.05) is 0 Å². The highest BCUT2D eigenvalue weighted by atomic mass is 32.2. The van der Waals surface area contributed by atoms with Gasteiger partial charge in [-0.3, -0.25) is 0 Å². The molecule has 2 rings (SSSR count). The van der Waals surface area contributed by atoms with Gasteiger partial charge in [-0.25, -0.2) is 9.78 Å². The standard InChI is InChI=1S/C6H3NO2S2/c8-5(9)4-1-3-6(11-4)10-2-7-3/h1-2H,(H,8,9). The molecule has 0 saturated carbocycles. The first kappa shape index (κ1) is 6.75. The van der Waals surface area contributed by atoms with E-state index in [2.05, 4.69) is 4.98 Å². The SMILES string of the molecule is O=C(O)c1cc2ncsc2s1. The number of hydrogen-bond acceptors (Lipinski definition) is 4. The molecule has 0 fully saturated rings. The maximum Gasteiger partial charge on any atom is 0.345 e. The van der Waals surface area contributed by atoms with Crippen molar-refractivity contribution in [1.29, 1.82) is 0 Å². The third-order valence-corrected chi connectivity index (χ3v) is 3.32. The zero-order valence-electron chi connectivity index (χ0n) is 5.27. The van der Waals surface area contributed by atoms with Gasteiger partial charge in [0.05, 0.1) is 11.0 Å². The molecule has 5 heteroatoms. The van der Waals surface area contributed by atoms with Crippen LogP contribution in [0, 0.1) is 0 Å². The molecule has 2 aromatic heterocycles. The monoisotopic (exact) mass is 185 g/mol. The van der Waals surface area contributed by atoms with Crippen molar-refractivity contribution in [3.05, 3.63) is 16.5 Å². The van der Waals surface area contributed by atoms with Crippen molar-refractivity contribution in [3.8, 4) is 0 Å². The predicted octanol–water partition coefficient (Wildman–Crippen LogP) is 2.06. The molecular weight excluding hydrogens is 182 g/mol. The van der Waals surface area contributed by atoms with Crippen LogP contribution >= 0.6 is 22.7 Å². The average Bonchev–Trinajstić information content (AvgIpc) is 2.40. The van der Waals surface area contributed by atoms with Crippen LogP contribution in [0.3, 0.4) is 0 Å². The minimum atomic E-state index is -0.875. The molecule has 56 valence electrons. The van der Waals surface area contributed by atoms with Gasteiger partial charge in [0.1, 0.15) is 8.89 Å². The number of hydrogen-bond donors (Lipinski definition) is 1. The van der Waals surface area contributed by atoms with E-state index in [1.165, 1.54) is 22.7 Å². The van der Waals surface area contributed by atoms with Crippen LogP contribution < -0.4 is 0 Å². The summed E-state index contributed by atoms with van der Waals surface area (Å²) in [7, 11) is 0. The molecule has 3 nitrogen and oxygen atoms in total. The first-order chi connectivity index (χ1) is 5.27. The molecule has 0 radical (unpaired) electrons. The van der Waals surface area contributed by atoms with Crippen LogP contribution in [0.2, 0.25) is 0 Å². The number of aromatic carboxylic acids is 1. The van der Waals surface area contributed by atoms with Gasteiger partial charge in [0.15, 0.2) is 0 Å². The Labute approximate surface area is 69.9 Å². The highest BCUT2D eigenvalue weighted by Gasteiger charge is 2.08. The number of thiazole rings is 1. The summed E-state index contributed by atoms with van der Waals surface area (Å²) in [4.78, 5) is 14.8. The second-order valence-electron chi connectivity index (χ2n) is 1.94. The van der Waals surface area contributed by atoms with Gasteiger partial charge in [-0.05, 0) is 6.07 Å². The van der Waals surface area contributed by atoms with Gasteiger partial charge in [-0.15, -0.1) is 22.7 Å². The maximum absolute atomic E-state index is 10.5. The number of fused-ring (bicyclic) bond motifs is 1. The third-order valence-electron chi connectivity index (χ3n) is 1.24. The van der Waals surface area contributed by atoms with Crippen LogP contribution in [-0.4, -0.2) is 16.1 Å². The van der Waals surface area contributed by atoms with Gasteiger partial charge in [0, 0.05) is 0 Å². The minimum Gasteiger partial charge on any atom is -0.477 e. The Bertz CT molecular complexity index is 375. The predicted molar refractivity (Wildman–Crippen MR) is 44.5 cm³/mol. The quantitative estimate of drug-likeness (QED) is 0.739. The van der Waals surface area contributed by atoms with E-state index < -0.39 is 5.97 Å². The van der Waals surface area contributed by atoms with Crippen molar-refractivity contribution >= 4 is 38.2 Å². The summed E-state index contributed by atoms with van der Waals surface area (Å²) in [5.74, 6) is -0.875. The molecule has 0 atom stereocenters. The zero-order chi connectivity index (χ0) is 7.84. The lowest BCUT2D eigenvalue weighted by Crippen LogP contribution is -1.89. The van der Waals surface area contributed by atoms with Crippen molar-refractivity contribution in [2.24, 2.45) is 0 Å². The molecule has 2 aromatic rings. The third kappa shape index (κ3) is 1.02. The number of rotatable bonds is 1. The summed E-state index contributed by atoms with van der Waals surface area (Å²) in [6, 6.07) is 1.60. The van der Waals surface area contributed by atoms with Crippen LogP contribution in [0.5, 0.6) is 0 Å². The van der Waals surface area contributed by atoms with Crippen molar-refractivity contribution in [1.82, 2.24) is 4.98 Å². The molecule has 0 aromatic carbocycles. The van der Waals surface area contributed by atoms with Gasteiger partial charge in [0.25, 0.3) is 0 Å². The van der Waals surface area contributed by atoms with Gasteiger partial charge in [-0.2, -0.15) is 0 Å². The Morgan fingerprint density at radius 1 is 1.64 bits per heavy atom. The molecule has 1 N–H and O–H groups in total. The summed E-state index contributed by atoms with van der Waals surface area (Å²) in [5.41, 5.74) is 2.50. The van der Waals surface area contributed by atoms with Crippen LogP contribution in [0.25, 0.3) is 9.53 Å². The summed E-state index contributed by atoms with van der Waals surface area (Å²) < 4.78 is 0.974. The molecule has 0 bridgehead atoms. The Morgan fingerprint density at radius 3 is 3.09 bits per heavy atom. The molecule has 0 saturated heterocycles. The Balaban J connectivity index is 2.67. The van der Waals surface area contributed by atoms with Crippen LogP contribution in [0.4, 0.5) is 0 Å². The number of carboxylic acids is 1. The molecule has 0 amide bonds. The van der Waals surface area contributed by atoms with E-state index in [4.69, 9.17) is 5.11 Å². The molecule has 11 heavy (non-hydrogen) atoms. The topological polar surface area (TPSA) is 50.2 Å². The van der Waals surface area contributed by atoms with E-state index in [1.54, 1.807) is 11.6 Å². The Kier molecular flexibility index (Phi) is 1.40. The molecule has 0 aliphatic carbocycles. The molecule has 2 heterocycles. The Hall–Kier alpha value is -0.940. The lowest BCUT2D eigenvalue weighted by Gasteiger charge is -1.79. The van der Waals surface area contributed by atoms with E-state index in [1.807, 2.05) is 0 Å². The minimum absolute atomic E-state index is 0.361. The van der Waals surface area contributed by atoms with Crippen molar-refractivity contribution in [2.75, 3.05) is 0 Å². The van der Waals surface area contributed by atoms with Crippen LogP contribution in [0.15, 0.2) is 11.6 Å². The van der Waals surface area contributed by atoms with E-state index in [9.17, 15) is 4.79 Å². The summed E-state index contributed by atoms with van der Waals surface area (Å²) in [5, 5.41) is 8.59. The van der Waals surface area contributed by atoms with E-state index >= 15 is 0 Å². The molecule has 0 spiro atoms. The highest BCUT2D eigenvalue weighted by Crippen LogP contribution is 2.27. The van der Waals surface area contributed by atoms with Crippen molar-refractivity contribution in [3.63, 3.8) is 0 Å². The average molecular weight is 185 g/mol. The van der Waals surface area contributed by atoms with E-state index in [0.29, 0.717) is 4.88 Å². The van der Waals surface area contributed by atoms with E-state index in [0.717, 1.165) is 9.53 Å². The fourth-order valence-electron chi connectivity index (χ4n) is 0.776. The normalized spacial score (nSPS) is 10.5. The van der Waals surface area contributed by atoms with Gasteiger partial charge < -0.3 is 5.11 Å². The number of carbonyl (C=O) groups is 1. The summed E-state index contributed by atoms with van der Waals surface area (Å²) >= 11 is 2.74.